The van der Waals surface area contributed by atoms with Gasteiger partial charge in [-0.3, -0.25) is 32.9 Å². The van der Waals surface area contributed by atoms with Crippen molar-refractivity contribution in [2.45, 2.75) is 33.7 Å². The first-order chi connectivity index (χ1) is 23.7. The van der Waals surface area contributed by atoms with E-state index in [1.807, 2.05) is 12.1 Å². The van der Waals surface area contributed by atoms with Crippen LogP contribution in [0.5, 0.6) is 0 Å². The van der Waals surface area contributed by atoms with E-state index in [0.29, 0.717) is 41.2 Å². The minimum Gasteiger partial charge on any atom is -0.379 e. The van der Waals surface area contributed by atoms with Crippen LogP contribution in [0.15, 0.2) is 83.8 Å². The first-order valence-corrected chi connectivity index (χ1v) is 17.0. The van der Waals surface area contributed by atoms with Gasteiger partial charge in [0.1, 0.15) is 0 Å². The molecule has 0 spiro atoms. The van der Waals surface area contributed by atoms with Crippen LogP contribution in [-0.2, 0) is 31.1 Å². The van der Waals surface area contributed by atoms with E-state index in [1.165, 1.54) is 13.1 Å². The molecule has 3 aromatic carbocycles. The summed E-state index contributed by atoms with van der Waals surface area (Å²) in [6, 6.07) is 21.0. The zero-order chi connectivity index (χ0) is 34.8. The minimum atomic E-state index is -3.59. The van der Waals surface area contributed by atoms with Gasteiger partial charge in [0, 0.05) is 16.9 Å². The van der Waals surface area contributed by atoms with E-state index in [0.717, 1.165) is 11.3 Å². The Morgan fingerprint density at radius 2 is 1.57 bits per heavy atom. The molecule has 5 rings (SSSR count). The lowest BCUT2D eigenvalue weighted by Crippen LogP contribution is -2.17. The lowest BCUT2D eigenvalue weighted by atomic mass is 10.1. The molecule has 254 valence electrons. The Morgan fingerprint density at radius 1 is 0.878 bits per heavy atom. The normalized spacial score (nSPS) is 11.3. The van der Waals surface area contributed by atoms with Gasteiger partial charge in [-0.15, -0.1) is 0 Å². The predicted octanol–water partition coefficient (Wildman–Crippen LogP) is 6.26. The van der Waals surface area contributed by atoms with E-state index in [-0.39, 0.29) is 48.6 Å². The molecule has 0 bridgehead atoms. The Balaban J connectivity index is 1.21. The molecular formula is C34H36N7O7P. The maximum Gasteiger partial charge on any atom is 0.474 e. The standard InChI is InChI=1S/C34H36N7O7P/c1-4-46-49(45,47-5-2)48-19-18-23-10-14-26(15-11-23)38-32(43)28-8-6-7-9-29(28)39-34-40-31-30(33(44)41-34)37-27(21-36-31)20-35-25-16-12-24(13-17-25)22(3)42/h6-17,21,35H,4-5,18-20H2,1-3H3,(H,38,43)(H2,36,39,40,41,44). The average molecular weight is 686 g/mol. The monoisotopic (exact) mass is 685 g/mol. The summed E-state index contributed by atoms with van der Waals surface area (Å²) < 4.78 is 28.1. The number of ketones is 1. The predicted molar refractivity (Wildman–Crippen MR) is 186 cm³/mol. The highest BCUT2D eigenvalue weighted by atomic mass is 31.2. The molecule has 2 heterocycles. The number of aromatic amines is 1. The first-order valence-electron chi connectivity index (χ1n) is 15.6. The molecule has 15 heteroatoms. The van der Waals surface area contributed by atoms with E-state index < -0.39 is 13.4 Å². The van der Waals surface area contributed by atoms with Crippen molar-refractivity contribution in [1.29, 1.82) is 0 Å². The molecule has 0 saturated carbocycles. The average Bonchev–Trinajstić information content (AvgIpc) is 3.09. The molecule has 0 radical (unpaired) electrons. The number of Topliss-reactive ketones (excluding diaryl/α,β-unsaturated/α-hetero) is 1. The SMILES string of the molecule is CCOP(=O)(OCC)OCCc1ccc(NC(=O)c2ccccc2Nc2nc3ncc(CNc4ccc(C(C)=O)cc4)nc3c(=O)[nH]2)cc1. The molecule has 0 aliphatic heterocycles. The van der Waals surface area contributed by atoms with E-state index in [9.17, 15) is 18.9 Å². The number of carbonyl (C=O) groups is 2. The number of hydrogen-bond acceptors (Lipinski definition) is 12. The maximum absolute atomic E-state index is 13.3. The van der Waals surface area contributed by atoms with Gasteiger partial charge in [0.2, 0.25) is 5.95 Å². The van der Waals surface area contributed by atoms with Crippen molar-refractivity contribution in [2.75, 3.05) is 35.8 Å². The summed E-state index contributed by atoms with van der Waals surface area (Å²) in [6.45, 7) is 5.78. The number of hydrogen-bond donors (Lipinski definition) is 4. The second-order valence-corrected chi connectivity index (χ2v) is 12.3. The molecule has 4 N–H and O–H groups in total. The van der Waals surface area contributed by atoms with Gasteiger partial charge >= 0.3 is 7.82 Å². The van der Waals surface area contributed by atoms with Gasteiger partial charge in [-0.2, -0.15) is 4.98 Å². The molecular weight excluding hydrogens is 649 g/mol. The van der Waals surface area contributed by atoms with Gasteiger partial charge in [0.05, 0.1) is 49.5 Å². The molecule has 2 aromatic heterocycles. The molecule has 5 aromatic rings. The number of benzene rings is 3. The Labute approximate surface area is 282 Å². The molecule has 49 heavy (non-hydrogen) atoms. The van der Waals surface area contributed by atoms with Crippen molar-refractivity contribution in [3.8, 4) is 0 Å². The summed E-state index contributed by atoms with van der Waals surface area (Å²) in [5.74, 6) is -0.310. The molecule has 14 nitrogen and oxygen atoms in total. The van der Waals surface area contributed by atoms with E-state index in [1.54, 1.807) is 74.5 Å². The molecule has 0 aliphatic carbocycles. The third-order valence-electron chi connectivity index (χ3n) is 7.08. The Morgan fingerprint density at radius 3 is 2.27 bits per heavy atom. The van der Waals surface area contributed by atoms with Crippen molar-refractivity contribution in [3.05, 3.63) is 112 Å². The van der Waals surface area contributed by atoms with Crippen molar-refractivity contribution < 1.29 is 27.7 Å². The number of nitrogens with one attached hydrogen (secondary N) is 4. The number of H-pyrrole nitrogens is 1. The molecule has 1 amide bonds. The molecule has 0 aliphatic rings. The number of nitrogens with zero attached hydrogens (tertiary/aromatic N) is 3. The summed E-state index contributed by atoms with van der Waals surface area (Å²) in [4.78, 5) is 53.6. The Hall–Kier alpha value is -5.27. The third-order valence-corrected chi connectivity index (χ3v) is 8.73. The second kappa shape index (κ2) is 16.2. The van der Waals surface area contributed by atoms with Crippen molar-refractivity contribution in [1.82, 2.24) is 19.9 Å². The maximum atomic E-state index is 13.3. The number of phosphoric acid groups is 1. The lowest BCUT2D eigenvalue weighted by molar-refractivity contribution is 0.101. The largest absolute Gasteiger partial charge is 0.474 e. The number of para-hydroxylation sites is 1. The summed E-state index contributed by atoms with van der Waals surface area (Å²) >= 11 is 0. The number of phosphoric ester groups is 1. The van der Waals surface area contributed by atoms with Crippen LogP contribution in [0.1, 0.15) is 52.7 Å². The first kappa shape index (κ1) is 35.0. The van der Waals surface area contributed by atoms with Gasteiger partial charge in [0.25, 0.3) is 11.5 Å². The van der Waals surface area contributed by atoms with Gasteiger partial charge in [-0.05, 0) is 81.3 Å². The lowest BCUT2D eigenvalue weighted by Gasteiger charge is -2.16. The summed E-state index contributed by atoms with van der Waals surface area (Å²) in [7, 11) is -3.59. The van der Waals surface area contributed by atoms with Crippen molar-refractivity contribution in [2.24, 2.45) is 0 Å². The fraction of sp³-hybridized carbons (Fsp3) is 0.235. The highest BCUT2D eigenvalue weighted by molar-refractivity contribution is 7.48. The minimum absolute atomic E-state index is 0.0163. The van der Waals surface area contributed by atoms with Crippen LogP contribution in [0.2, 0.25) is 0 Å². The molecule has 0 unspecified atom stereocenters. The highest BCUT2D eigenvalue weighted by Gasteiger charge is 2.25. The number of fused-ring (bicyclic) bond motifs is 1. The molecule has 0 atom stereocenters. The van der Waals surface area contributed by atoms with Crippen molar-refractivity contribution in [3.63, 3.8) is 0 Å². The number of anilines is 4. The fourth-order valence-corrected chi connectivity index (χ4v) is 5.86. The van der Waals surface area contributed by atoms with Gasteiger partial charge in [0.15, 0.2) is 16.9 Å². The van der Waals surface area contributed by atoms with Crippen LogP contribution in [0, 0.1) is 0 Å². The summed E-state index contributed by atoms with van der Waals surface area (Å²) in [6.07, 6.45) is 1.98. The quantitative estimate of drug-likeness (QED) is 0.0675. The smallest absolute Gasteiger partial charge is 0.379 e. The van der Waals surface area contributed by atoms with Gasteiger partial charge in [-0.1, -0.05) is 24.3 Å². The van der Waals surface area contributed by atoms with Crippen LogP contribution < -0.4 is 21.5 Å². The molecule has 0 fully saturated rings. The summed E-state index contributed by atoms with van der Waals surface area (Å²) in [5, 5.41) is 9.09. The van der Waals surface area contributed by atoms with Crippen LogP contribution in [0.3, 0.4) is 0 Å². The number of amides is 1. The number of rotatable bonds is 16. The van der Waals surface area contributed by atoms with Crippen molar-refractivity contribution >= 4 is 53.7 Å². The van der Waals surface area contributed by atoms with E-state index in [4.69, 9.17) is 13.6 Å². The van der Waals surface area contributed by atoms with Crippen LogP contribution in [0.4, 0.5) is 23.0 Å². The van der Waals surface area contributed by atoms with E-state index in [2.05, 4.69) is 35.9 Å². The van der Waals surface area contributed by atoms with Crippen LogP contribution in [-0.4, -0.2) is 51.4 Å². The van der Waals surface area contributed by atoms with Gasteiger partial charge < -0.3 is 16.0 Å². The zero-order valence-corrected chi connectivity index (χ0v) is 28.1. The number of carbonyl (C=O) groups excluding carboxylic acids is 2. The second-order valence-electron chi connectivity index (χ2n) is 10.6. The summed E-state index contributed by atoms with van der Waals surface area (Å²) in [5.41, 5.74) is 3.80. The molecule has 0 saturated heterocycles. The highest BCUT2D eigenvalue weighted by Crippen LogP contribution is 2.49. The van der Waals surface area contributed by atoms with E-state index >= 15 is 0 Å². The topological polar surface area (TPSA) is 187 Å². The fourth-order valence-electron chi connectivity index (χ4n) is 4.69. The Kier molecular flexibility index (Phi) is 11.6. The third kappa shape index (κ3) is 9.42. The van der Waals surface area contributed by atoms with Crippen LogP contribution in [0.25, 0.3) is 11.2 Å². The number of aromatic nitrogens is 4. The van der Waals surface area contributed by atoms with Crippen LogP contribution >= 0.6 is 7.82 Å². The van der Waals surface area contributed by atoms with Gasteiger partial charge in [-0.25, -0.2) is 14.5 Å². The Bertz CT molecular complexity index is 2030. The zero-order valence-electron chi connectivity index (χ0n) is 27.2.